The van der Waals surface area contributed by atoms with Gasteiger partial charge in [0.25, 0.3) is 0 Å². The summed E-state index contributed by atoms with van der Waals surface area (Å²) >= 11 is 3.51. The molecule has 0 amide bonds. The Kier molecular flexibility index (Phi) is 3.17. The Balaban J connectivity index is 2.12. The predicted octanol–water partition coefficient (Wildman–Crippen LogP) is 3.37. The van der Waals surface area contributed by atoms with Crippen molar-refractivity contribution in [1.29, 1.82) is 0 Å². The van der Waals surface area contributed by atoms with E-state index in [-0.39, 0.29) is 0 Å². The van der Waals surface area contributed by atoms with Gasteiger partial charge >= 0.3 is 0 Å². The molecule has 1 aromatic carbocycles. The molecule has 0 bridgehead atoms. The average molecular weight is 268 g/mol. The zero-order valence-corrected chi connectivity index (χ0v) is 10.8. The third kappa shape index (κ3) is 2.61. The topological polar surface area (TPSA) is 26.0 Å². The molecule has 2 heteroatoms. The molecule has 0 aromatic heterocycles. The van der Waals surface area contributed by atoms with Gasteiger partial charge in [0.15, 0.2) is 0 Å². The molecule has 0 aliphatic heterocycles. The van der Waals surface area contributed by atoms with Crippen LogP contribution in [0.4, 0.5) is 0 Å². The fraction of sp³-hybridized carbons (Fsp3) is 0.538. The van der Waals surface area contributed by atoms with Crippen LogP contribution in [0.25, 0.3) is 0 Å². The zero-order valence-electron chi connectivity index (χ0n) is 9.17. The van der Waals surface area contributed by atoms with Crippen molar-refractivity contribution in [3.8, 4) is 0 Å². The molecular formula is C13H18BrN. The van der Waals surface area contributed by atoms with E-state index in [4.69, 9.17) is 5.73 Å². The fourth-order valence-electron chi connectivity index (χ4n) is 2.28. The van der Waals surface area contributed by atoms with E-state index in [0.717, 1.165) is 23.4 Å². The Morgan fingerprint density at radius 3 is 2.73 bits per heavy atom. The number of benzene rings is 1. The molecule has 1 saturated carbocycles. The van der Waals surface area contributed by atoms with Crippen molar-refractivity contribution < 1.29 is 0 Å². The molecule has 0 radical (unpaired) electrons. The average Bonchev–Trinajstić information content (AvgIpc) is 3.01. The van der Waals surface area contributed by atoms with Crippen LogP contribution < -0.4 is 5.73 Å². The Hall–Kier alpha value is -0.340. The summed E-state index contributed by atoms with van der Waals surface area (Å²) in [4.78, 5) is 0. The highest BCUT2D eigenvalue weighted by Crippen LogP contribution is 2.46. The van der Waals surface area contributed by atoms with Gasteiger partial charge in [0, 0.05) is 4.47 Å². The Morgan fingerprint density at radius 1 is 1.47 bits per heavy atom. The van der Waals surface area contributed by atoms with Gasteiger partial charge < -0.3 is 5.73 Å². The Bertz CT molecular complexity index is 346. The van der Waals surface area contributed by atoms with Gasteiger partial charge in [-0.3, -0.25) is 0 Å². The second-order valence-electron chi connectivity index (χ2n) is 4.94. The second kappa shape index (κ2) is 4.26. The third-order valence-corrected chi connectivity index (χ3v) is 4.02. The molecule has 1 atom stereocenters. The highest BCUT2D eigenvalue weighted by atomic mass is 79.9. The lowest BCUT2D eigenvalue weighted by atomic mass is 9.79. The first-order valence-corrected chi connectivity index (χ1v) is 6.38. The van der Waals surface area contributed by atoms with Gasteiger partial charge in [0.1, 0.15) is 0 Å². The van der Waals surface area contributed by atoms with Crippen LogP contribution in [-0.2, 0) is 6.42 Å². The van der Waals surface area contributed by atoms with Crippen molar-refractivity contribution in [2.75, 3.05) is 6.54 Å². The van der Waals surface area contributed by atoms with Gasteiger partial charge in [0.2, 0.25) is 0 Å². The van der Waals surface area contributed by atoms with Crippen molar-refractivity contribution in [1.82, 2.24) is 0 Å². The zero-order chi connectivity index (χ0) is 10.9. The Labute approximate surface area is 100 Å². The van der Waals surface area contributed by atoms with Gasteiger partial charge in [-0.15, -0.1) is 0 Å². The predicted molar refractivity (Wildman–Crippen MR) is 67.7 cm³/mol. The number of rotatable bonds is 4. The van der Waals surface area contributed by atoms with Crippen LogP contribution in [0.5, 0.6) is 0 Å². The first kappa shape index (κ1) is 11.2. The standard InChI is InChI=1S/C13H18BrN/c1-13(9-15,11-5-6-11)8-10-3-2-4-12(14)7-10/h2-4,7,11H,5-6,8-9,15H2,1H3. The molecule has 0 spiro atoms. The maximum Gasteiger partial charge on any atom is 0.0177 e. The van der Waals surface area contributed by atoms with Gasteiger partial charge in [0.05, 0.1) is 0 Å². The SMILES string of the molecule is CC(CN)(Cc1cccc(Br)c1)C1CC1. The molecule has 1 nitrogen and oxygen atoms in total. The molecule has 1 aliphatic rings. The molecule has 1 unspecified atom stereocenters. The minimum Gasteiger partial charge on any atom is -0.330 e. The van der Waals surface area contributed by atoms with Crippen LogP contribution in [-0.4, -0.2) is 6.54 Å². The minimum absolute atomic E-state index is 0.306. The summed E-state index contributed by atoms with van der Waals surface area (Å²) in [6, 6.07) is 8.57. The van der Waals surface area contributed by atoms with Crippen molar-refractivity contribution in [2.45, 2.75) is 26.2 Å². The lowest BCUT2D eigenvalue weighted by Gasteiger charge is -2.28. The van der Waals surface area contributed by atoms with Crippen LogP contribution in [0.2, 0.25) is 0 Å². The molecule has 0 heterocycles. The summed E-state index contributed by atoms with van der Waals surface area (Å²) in [7, 11) is 0. The summed E-state index contributed by atoms with van der Waals surface area (Å²) in [6.07, 6.45) is 3.83. The van der Waals surface area contributed by atoms with E-state index in [1.165, 1.54) is 18.4 Å². The molecule has 2 rings (SSSR count). The number of nitrogens with two attached hydrogens (primary N) is 1. The second-order valence-corrected chi connectivity index (χ2v) is 5.85. The summed E-state index contributed by atoms with van der Waals surface area (Å²) in [5.41, 5.74) is 7.62. The highest BCUT2D eigenvalue weighted by molar-refractivity contribution is 9.10. The third-order valence-electron chi connectivity index (χ3n) is 3.53. The molecule has 82 valence electrons. The summed E-state index contributed by atoms with van der Waals surface area (Å²) in [6.45, 7) is 3.12. The minimum atomic E-state index is 0.306. The van der Waals surface area contributed by atoms with E-state index in [1.54, 1.807) is 0 Å². The normalized spacial score (nSPS) is 19.9. The molecular weight excluding hydrogens is 250 g/mol. The van der Waals surface area contributed by atoms with E-state index in [2.05, 4.69) is 47.1 Å². The van der Waals surface area contributed by atoms with Crippen LogP contribution in [0.15, 0.2) is 28.7 Å². The smallest absolute Gasteiger partial charge is 0.0177 e. The van der Waals surface area contributed by atoms with Gasteiger partial charge in [-0.2, -0.15) is 0 Å². The van der Waals surface area contributed by atoms with E-state index in [1.807, 2.05) is 0 Å². The molecule has 1 aromatic rings. The van der Waals surface area contributed by atoms with Crippen molar-refractivity contribution >= 4 is 15.9 Å². The monoisotopic (exact) mass is 267 g/mol. The molecule has 2 N–H and O–H groups in total. The fourth-order valence-corrected chi connectivity index (χ4v) is 2.72. The largest absolute Gasteiger partial charge is 0.330 e. The highest BCUT2D eigenvalue weighted by Gasteiger charge is 2.40. The van der Waals surface area contributed by atoms with Crippen molar-refractivity contribution in [3.63, 3.8) is 0 Å². The van der Waals surface area contributed by atoms with E-state index in [0.29, 0.717) is 5.41 Å². The van der Waals surface area contributed by atoms with E-state index in [9.17, 15) is 0 Å². The van der Waals surface area contributed by atoms with Gasteiger partial charge in [-0.25, -0.2) is 0 Å². The van der Waals surface area contributed by atoms with Crippen LogP contribution in [0, 0.1) is 11.3 Å². The maximum absolute atomic E-state index is 5.92. The van der Waals surface area contributed by atoms with Crippen LogP contribution in [0.3, 0.4) is 0 Å². The quantitative estimate of drug-likeness (QED) is 0.890. The Morgan fingerprint density at radius 2 is 2.20 bits per heavy atom. The molecule has 0 saturated heterocycles. The lowest BCUT2D eigenvalue weighted by Crippen LogP contribution is -2.31. The number of hydrogen-bond donors (Lipinski definition) is 1. The summed E-state index contributed by atoms with van der Waals surface area (Å²) in [5.74, 6) is 0.849. The first-order valence-electron chi connectivity index (χ1n) is 5.58. The molecule has 1 fully saturated rings. The van der Waals surface area contributed by atoms with E-state index >= 15 is 0 Å². The van der Waals surface area contributed by atoms with Gasteiger partial charge in [-0.05, 0) is 54.8 Å². The number of hydrogen-bond acceptors (Lipinski definition) is 1. The summed E-state index contributed by atoms with van der Waals surface area (Å²) in [5, 5.41) is 0. The first-order chi connectivity index (χ1) is 7.14. The number of halogens is 1. The summed E-state index contributed by atoms with van der Waals surface area (Å²) < 4.78 is 1.16. The van der Waals surface area contributed by atoms with E-state index < -0.39 is 0 Å². The molecule has 1 aliphatic carbocycles. The maximum atomic E-state index is 5.92. The van der Waals surface area contributed by atoms with Crippen molar-refractivity contribution in [2.24, 2.45) is 17.1 Å². The van der Waals surface area contributed by atoms with Crippen molar-refractivity contribution in [3.05, 3.63) is 34.3 Å². The van der Waals surface area contributed by atoms with Crippen LogP contribution >= 0.6 is 15.9 Å². The van der Waals surface area contributed by atoms with Crippen LogP contribution in [0.1, 0.15) is 25.3 Å². The van der Waals surface area contributed by atoms with Gasteiger partial charge in [-0.1, -0.05) is 35.0 Å². The molecule has 15 heavy (non-hydrogen) atoms. The lowest BCUT2D eigenvalue weighted by molar-refractivity contribution is 0.282.